The molecule has 3 N–H and O–H groups in total. The summed E-state index contributed by atoms with van der Waals surface area (Å²) in [6.07, 6.45) is 0. The van der Waals surface area contributed by atoms with Gasteiger partial charge < -0.3 is 10.2 Å². The lowest BCUT2D eigenvalue weighted by Crippen LogP contribution is -2.38. The fourth-order valence-electron chi connectivity index (χ4n) is 3.21. The van der Waals surface area contributed by atoms with Crippen molar-refractivity contribution in [1.29, 1.82) is 0 Å². The highest BCUT2D eigenvalue weighted by Crippen LogP contribution is 2.53. The molecule has 1 atom stereocenters. The zero-order valence-electron chi connectivity index (χ0n) is 14.3. The highest BCUT2D eigenvalue weighted by atomic mass is 35.5. The predicted octanol–water partition coefficient (Wildman–Crippen LogP) is 5.89. The van der Waals surface area contributed by atoms with Crippen LogP contribution in [0.15, 0.2) is 54.6 Å². The summed E-state index contributed by atoms with van der Waals surface area (Å²) in [5, 5.41) is 20.5. The zero-order chi connectivity index (χ0) is 21.6. The average molecular weight is 494 g/mol. The SMILES string of the molecule is O=S(=O)(O)C(c1cccc(Cl)c1)(c1ccc(Cl)c(O)c1O)c1cccc(Cl)c1Cl. The van der Waals surface area contributed by atoms with Crippen molar-refractivity contribution >= 4 is 56.5 Å². The lowest BCUT2D eigenvalue weighted by atomic mass is 9.83. The molecule has 0 saturated carbocycles. The number of aromatic hydroxyl groups is 2. The molecule has 0 heterocycles. The van der Waals surface area contributed by atoms with Crippen LogP contribution in [0.2, 0.25) is 20.1 Å². The van der Waals surface area contributed by atoms with E-state index in [1.807, 2.05) is 0 Å². The molecule has 152 valence electrons. The van der Waals surface area contributed by atoms with Crippen molar-refractivity contribution < 1.29 is 23.2 Å². The Kier molecular flexibility index (Phi) is 5.98. The lowest BCUT2D eigenvalue weighted by Gasteiger charge is -2.34. The third-order valence-electron chi connectivity index (χ3n) is 4.43. The van der Waals surface area contributed by atoms with Crippen LogP contribution in [-0.2, 0) is 14.9 Å². The average Bonchev–Trinajstić information content (AvgIpc) is 2.64. The van der Waals surface area contributed by atoms with Crippen LogP contribution in [0.3, 0.4) is 0 Å². The predicted molar refractivity (Wildman–Crippen MR) is 114 cm³/mol. The molecule has 0 radical (unpaired) electrons. The van der Waals surface area contributed by atoms with Gasteiger partial charge in [-0.2, -0.15) is 8.42 Å². The standard InChI is InChI=1S/C19H12Cl4O5S/c20-11-4-1-3-10(9-11)19(29(26,27)28,12-5-2-6-14(21)16(12)23)13-7-8-15(22)18(25)17(13)24/h1-9,24-25H,(H,26,27,28). The van der Waals surface area contributed by atoms with Crippen LogP contribution in [0.4, 0.5) is 0 Å². The maximum atomic E-state index is 13.0. The Morgan fingerprint density at radius 1 is 0.759 bits per heavy atom. The van der Waals surface area contributed by atoms with Gasteiger partial charge in [0.2, 0.25) is 0 Å². The van der Waals surface area contributed by atoms with Crippen molar-refractivity contribution in [1.82, 2.24) is 0 Å². The lowest BCUT2D eigenvalue weighted by molar-refractivity contribution is 0.394. The first-order valence-electron chi connectivity index (χ1n) is 7.90. The van der Waals surface area contributed by atoms with Gasteiger partial charge in [0.1, 0.15) is 0 Å². The number of benzene rings is 3. The Hall–Kier alpha value is -1.67. The molecule has 0 bridgehead atoms. The van der Waals surface area contributed by atoms with Gasteiger partial charge >= 0.3 is 0 Å². The van der Waals surface area contributed by atoms with E-state index >= 15 is 0 Å². The molecule has 3 aromatic rings. The van der Waals surface area contributed by atoms with Gasteiger partial charge in [-0.15, -0.1) is 0 Å². The normalized spacial score (nSPS) is 13.8. The first-order valence-corrected chi connectivity index (χ1v) is 10.9. The number of phenolic OH excluding ortho intramolecular Hbond substituents is 2. The molecule has 3 aromatic carbocycles. The fraction of sp³-hybridized carbons (Fsp3) is 0.0526. The molecule has 0 aliphatic heterocycles. The van der Waals surface area contributed by atoms with E-state index in [0.717, 1.165) is 6.07 Å². The van der Waals surface area contributed by atoms with Crippen LogP contribution < -0.4 is 0 Å². The van der Waals surface area contributed by atoms with E-state index in [1.54, 1.807) is 0 Å². The second kappa shape index (κ2) is 7.87. The number of hydrogen-bond donors (Lipinski definition) is 3. The summed E-state index contributed by atoms with van der Waals surface area (Å²) in [7, 11) is -5.11. The quantitative estimate of drug-likeness (QED) is 0.239. The largest absolute Gasteiger partial charge is 0.504 e. The molecule has 5 nitrogen and oxygen atoms in total. The van der Waals surface area contributed by atoms with Crippen molar-refractivity contribution in [3.05, 3.63) is 91.4 Å². The van der Waals surface area contributed by atoms with Crippen molar-refractivity contribution in [3.63, 3.8) is 0 Å². The minimum atomic E-state index is -5.11. The topological polar surface area (TPSA) is 94.8 Å². The van der Waals surface area contributed by atoms with Gasteiger partial charge in [0, 0.05) is 16.1 Å². The minimum absolute atomic E-state index is 0.0110. The number of rotatable bonds is 4. The number of hydrogen-bond acceptors (Lipinski definition) is 4. The molecule has 0 aliphatic carbocycles. The van der Waals surface area contributed by atoms with E-state index in [2.05, 4.69) is 0 Å². The van der Waals surface area contributed by atoms with Gasteiger partial charge in [-0.3, -0.25) is 4.55 Å². The van der Waals surface area contributed by atoms with Gasteiger partial charge in [0.05, 0.1) is 15.1 Å². The molecule has 0 amide bonds. The van der Waals surface area contributed by atoms with Gasteiger partial charge in [-0.05, 0) is 29.8 Å². The second-order valence-corrected chi connectivity index (χ2v) is 9.25. The summed E-state index contributed by atoms with van der Waals surface area (Å²) in [4.78, 5) is 0. The smallest absolute Gasteiger partial charge is 0.283 e. The third kappa shape index (κ3) is 3.54. The Morgan fingerprint density at radius 3 is 2.03 bits per heavy atom. The zero-order valence-corrected chi connectivity index (χ0v) is 18.1. The van der Waals surface area contributed by atoms with Gasteiger partial charge in [-0.25, -0.2) is 0 Å². The maximum Gasteiger partial charge on any atom is 0.283 e. The summed E-state index contributed by atoms with van der Waals surface area (Å²) in [6, 6.07) is 12.1. The monoisotopic (exact) mass is 492 g/mol. The maximum absolute atomic E-state index is 13.0. The van der Waals surface area contributed by atoms with E-state index in [4.69, 9.17) is 46.4 Å². The van der Waals surface area contributed by atoms with Crippen molar-refractivity contribution in [2.45, 2.75) is 4.75 Å². The Labute approximate surface area is 186 Å². The van der Waals surface area contributed by atoms with E-state index < -0.39 is 31.9 Å². The van der Waals surface area contributed by atoms with Gasteiger partial charge in [0.15, 0.2) is 16.2 Å². The highest BCUT2D eigenvalue weighted by molar-refractivity contribution is 7.87. The molecule has 0 spiro atoms. The Balaban J connectivity index is 2.63. The second-order valence-electron chi connectivity index (χ2n) is 6.06. The summed E-state index contributed by atoms with van der Waals surface area (Å²) >= 11 is 24.3. The van der Waals surface area contributed by atoms with Crippen LogP contribution >= 0.6 is 46.4 Å². The fourth-order valence-corrected chi connectivity index (χ4v) is 5.36. The molecule has 0 aliphatic rings. The molecule has 29 heavy (non-hydrogen) atoms. The van der Waals surface area contributed by atoms with E-state index in [9.17, 15) is 23.2 Å². The first kappa shape index (κ1) is 22.0. The molecule has 10 heteroatoms. The van der Waals surface area contributed by atoms with Crippen molar-refractivity contribution in [2.24, 2.45) is 0 Å². The van der Waals surface area contributed by atoms with E-state index in [-0.39, 0.29) is 31.2 Å². The minimum Gasteiger partial charge on any atom is -0.504 e. The van der Waals surface area contributed by atoms with Crippen LogP contribution in [0, 0.1) is 0 Å². The molecule has 0 saturated heterocycles. The first-order chi connectivity index (χ1) is 13.5. The third-order valence-corrected chi connectivity index (χ3v) is 7.24. The van der Waals surface area contributed by atoms with Gasteiger partial charge in [0.25, 0.3) is 10.1 Å². The summed E-state index contributed by atoms with van der Waals surface area (Å²) < 4.78 is 33.9. The summed E-state index contributed by atoms with van der Waals surface area (Å²) in [6.45, 7) is 0. The van der Waals surface area contributed by atoms with Crippen molar-refractivity contribution in [2.75, 3.05) is 0 Å². The molecule has 3 rings (SSSR count). The molecular formula is C19H12Cl4O5S. The van der Waals surface area contributed by atoms with Crippen LogP contribution in [0.25, 0.3) is 0 Å². The van der Waals surface area contributed by atoms with E-state index in [0.29, 0.717) is 0 Å². The number of phenols is 2. The highest BCUT2D eigenvalue weighted by Gasteiger charge is 2.52. The van der Waals surface area contributed by atoms with Crippen LogP contribution in [0.1, 0.15) is 16.7 Å². The number of halogens is 4. The van der Waals surface area contributed by atoms with E-state index in [1.165, 1.54) is 48.5 Å². The summed E-state index contributed by atoms with van der Waals surface area (Å²) in [5.41, 5.74) is -0.601. The molecule has 1 unspecified atom stereocenters. The molecular weight excluding hydrogens is 482 g/mol. The van der Waals surface area contributed by atoms with Crippen molar-refractivity contribution in [3.8, 4) is 11.5 Å². The summed E-state index contributed by atoms with van der Waals surface area (Å²) in [5.74, 6) is -1.62. The molecule has 0 fully saturated rings. The van der Waals surface area contributed by atoms with Crippen LogP contribution in [0.5, 0.6) is 11.5 Å². The van der Waals surface area contributed by atoms with Crippen LogP contribution in [-0.4, -0.2) is 23.2 Å². The Bertz CT molecular complexity index is 1210. The van der Waals surface area contributed by atoms with Gasteiger partial charge in [-0.1, -0.05) is 76.7 Å². The Morgan fingerprint density at radius 2 is 1.41 bits per heavy atom. The molecule has 0 aromatic heterocycles.